The van der Waals surface area contributed by atoms with Crippen molar-refractivity contribution in [3.8, 4) is 0 Å². The van der Waals surface area contributed by atoms with Crippen LogP contribution in [-0.2, 0) is 0 Å². The Morgan fingerprint density at radius 3 is 2.18 bits per heavy atom. The Balaban J connectivity index is 0.000000396. The van der Waals surface area contributed by atoms with Crippen LogP contribution in [0.25, 0.3) is 5.57 Å². The average molecular weight is 376 g/mol. The van der Waals surface area contributed by atoms with Gasteiger partial charge in [-0.25, -0.2) is 0 Å². The van der Waals surface area contributed by atoms with Gasteiger partial charge in [0.2, 0.25) is 0 Å². The first-order valence-corrected chi connectivity index (χ1v) is 9.82. The molecule has 2 aromatic rings. The molecule has 0 N–H and O–H groups in total. The van der Waals surface area contributed by atoms with E-state index >= 15 is 0 Å². The van der Waals surface area contributed by atoms with Crippen LogP contribution >= 0.6 is 0 Å². The molecule has 0 saturated heterocycles. The summed E-state index contributed by atoms with van der Waals surface area (Å²) in [5.74, 6) is 0. The lowest BCUT2D eigenvalue weighted by Gasteiger charge is -2.06. The molecule has 2 rings (SSSR count). The highest BCUT2D eigenvalue weighted by atomic mass is 14.6. The summed E-state index contributed by atoms with van der Waals surface area (Å²) < 4.78 is 0. The van der Waals surface area contributed by atoms with Gasteiger partial charge >= 0.3 is 0 Å². The lowest BCUT2D eigenvalue weighted by atomic mass is 9.99. The van der Waals surface area contributed by atoms with Crippen LogP contribution < -0.4 is 0 Å². The highest BCUT2D eigenvalue weighted by Crippen LogP contribution is 2.18. The molecular formula is C27H37N. The molecule has 0 spiro atoms. The van der Waals surface area contributed by atoms with Gasteiger partial charge in [-0.05, 0) is 87.9 Å². The van der Waals surface area contributed by atoms with Crippen LogP contribution in [-0.4, -0.2) is 4.98 Å². The highest BCUT2D eigenvalue weighted by molar-refractivity contribution is 5.65. The third-order valence-corrected chi connectivity index (χ3v) is 4.24. The second kappa shape index (κ2) is 14.4. The molecule has 0 bridgehead atoms. The minimum Gasteiger partial charge on any atom is -0.262 e. The summed E-state index contributed by atoms with van der Waals surface area (Å²) in [6.45, 7) is 22.1. The summed E-state index contributed by atoms with van der Waals surface area (Å²) in [6, 6.07) is 10.4. The first kappa shape index (κ1) is 25.3. The van der Waals surface area contributed by atoms with E-state index in [1.54, 1.807) is 0 Å². The molecule has 0 aliphatic carbocycles. The number of benzene rings is 1. The smallest absolute Gasteiger partial charge is 0.0375 e. The van der Waals surface area contributed by atoms with Crippen molar-refractivity contribution in [2.45, 2.75) is 54.9 Å². The van der Waals surface area contributed by atoms with Crippen LogP contribution in [0, 0.1) is 27.7 Å². The molecule has 1 heterocycles. The topological polar surface area (TPSA) is 12.9 Å². The molecule has 0 aliphatic heterocycles. The van der Waals surface area contributed by atoms with Gasteiger partial charge in [0.05, 0.1) is 0 Å². The zero-order valence-corrected chi connectivity index (χ0v) is 18.8. The molecule has 0 atom stereocenters. The highest BCUT2D eigenvalue weighted by Gasteiger charge is 1.99. The zero-order valence-electron chi connectivity index (χ0n) is 18.8. The van der Waals surface area contributed by atoms with Gasteiger partial charge in [-0.15, -0.1) is 0 Å². The van der Waals surface area contributed by atoms with E-state index in [4.69, 9.17) is 0 Å². The van der Waals surface area contributed by atoms with Gasteiger partial charge in [0.15, 0.2) is 0 Å². The normalized spacial score (nSPS) is 10.5. The van der Waals surface area contributed by atoms with Crippen molar-refractivity contribution in [3.05, 3.63) is 108 Å². The van der Waals surface area contributed by atoms with Gasteiger partial charge in [0.1, 0.15) is 0 Å². The molecule has 0 radical (unpaired) electrons. The van der Waals surface area contributed by atoms with Crippen LogP contribution in [0.15, 0.2) is 79.6 Å². The van der Waals surface area contributed by atoms with Crippen molar-refractivity contribution < 1.29 is 0 Å². The molecule has 0 unspecified atom stereocenters. The van der Waals surface area contributed by atoms with Crippen molar-refractivity contribution >= 4 is 5.57 Å². The Morgan fingerprint density at radius 2 is 1.79 bits per heavy atom. The molecular weight excluding hydrogens is 338 g/mol. The second-order valence-electron chi connectivity index (χ2n) is 6.83. The number of rotatable bonds is 4. The summed E-state index contributed by atoms with van der Waals surface area (Å²) in [6.07, 6.45) is 10.9. The molecule has 150 valence electrons. The number of aromatic nitrogens is 1. The maximum absolute atomic E-state index is 4.04. The van der Waals surface area contributed by atoms with Gasteiger partial charge < -0.3 is 0 Å². The van der Waals surface area contributed by atoms with E-state index in [0.29, 0.717) is 0 Å². The maximum atomic E-state index is 4.04. The number of hydrogen-bond acceptors (Lipinski definition) is 1. The van der Waals surface area contributed by atoms with E-state index in [9.17, 15) is 0 Å². The van der Waals surface area contributed by atoms with E-state index in [1.807, 2.05) is 51.3 Å². The Morgan fingerprint density at radius 1 is 1.11 bits per heavy atom. The van der Waals surface area contributed by atoms with Crippen LogP contribution in [0.1, 0.15) is 55.1 Å². The Labute approximate surface area is 173 Å². The van der Waals surface area contributed by atoms with Crippen molar-refractivity contribution in [1.82, 2.24) is 4.98 Å². The molecule has 0 saturated carbocycles. The lowest BCUT2D eigenvalue weighted by Crippen LogP contribution is -1.87. The summed E-state index contributed by atoms with van der Waals surface area (Å²) in [4.78, 5) is 4.04. The molecule has 0 amide bonds. The van der Waals surface area contributed by atoms with E-state index in [0.717, 1.165) is 17.7 Å². The minimum atomic E-state index is 1.08. The van der Waals surface area contributed by atoms with Crippen LogP contribution in [0.5, 0.6) is 0 Å². The van der Waals surface area contributed by atoms with Crippen molar-refractivity contribution in [2.24, 2.45) is 0 Å². The summed E-state index contributed by atoms with van der Waals surface area (Å²) in [7, 11) is 0. The average Bonchev–Trinajstić information content (AvgIpc) is 2.64. The van der Waals surface area contributed by atoms with E-state index < -0.39 is 0 Å². The molecule has 1 aromatic heterocycles. The third-order valence-electron chi connectivity index (χ3n) is 4.24. The number of nitrogens with zero attached hydrogens (tertiary/aromatic N) is 1. The first-order valence-electron chi connectivity index (χ1n) is 9.82. The van der Waals surface area contributed by atoms with Gasteiger partial charge in [0.25, 0.3) is 0 Å². The predicted molar refractivity (Wildman–Crippen MR) is 128 cm³/mol. The van der Waals surface area contributed by atoms with Crippen LogP contribution in [0.3, 0.4) is 0 Å². The fourth-order valence-corrected chi connectivity index (χ4v) is 2.56. The van der Waals surface area contributed by atoms with E-state index in [2.05, 4.69) is 76.2 Å². The van der Waals surface area contributed by atoms with Gasteiger partial charge in [-0.1, -0.05) is 68.2 Å². The van der Waals surface area contributed by atoms with Crippen molar-refractivity contribution in [3.63, 3.8) is 0 Å². The fraction of sp³-hybridized carbons (Fsp3) is 0.296. The molecule has 0 fully saturated rings. The maximum Gasteiger partial charge on any atom is 0.0375 e. The molecule has 1 heteroatoms. The van der Waals surface area contributed by atoms with E-state index in [1.165, 1.54) is 27.8 Å². The monoisotopic (exact) mass is 375 g/mol. The SMILES string of the molecule is C=C(C)c1cccc(C)c1C.C=C/C=C(\C=C/C)CC.Cc1ccnc(C)c1. The lowest BCUT2D eigenvalue weighted by molar-refractivity contribution is 1.15. The number of pyridine rings is 1. The van der Waals surface area contributed by atoms with Gasteiger partial charge in [0, 0.05) is 11.9 Å². The second-order valence-corrected chi connectivity index (χ2v) is 6.83. The standard InChI is InChI=1S/C11H14.C9H14.C7H9N/c1-8(2)11-7-5-6-9(3)10(11)4;1-4-7-9(6-3)8-5-2;1-6-3-4-8-7(2)5-6/h5-7H,1H2,2-4H3;4-5,7-8H,1,6H2,2-3H3;3-5H,1-2H3/b;8-5-,9-7-;. The summed E-state index contributed by atoms with van der Waals surface area (Å²) in [5, 5.41) is 0. The Hall–Kier alpha value is -2.67. The summed E-state index contributed by atoms with van der Waals surface area (Å²) in [5.41, 5.74) is 8.80. The molecule has 1 nitrogen and oxygen atoms in total. The van der Waals surface area contributed by atoms with E-state index in [-0.39, 0.29) is 0 Å². The first-order chi connectivity index (χ1) is 13.3. The number of aryl methyl sites for hydroxylation is 3. The third kappa shape index (κ3) is 10.5. The molecule has 0 aliphatic rings. The number of allylic oxidation sites excluding steroid dienone is 6. The minimum absolute atomic E-state index is 1.08. The fourth-order valence-electron chi connectivity index (χ4n) is 2.56. The Kier molecular flexibility index (Phi) is 13.0. The zero-order chi connectivity index (χ0) is 21.5. The number of hydrogen-bond donors (Lipinski definition) is 0. The van der Waals surface area contributed by atoms with Crippen LogP contribution in [0.2, 0.25) is 0 Å². The predicted octanol–water partition coefficient (Wildman–Crippen LogP) is 8.12. The van der Waals surface area contributed by atoms with Crippen LogP contribution in [0.4, 0.5) is 0 Å². The molecule has 1 aromatic carbocycles. The van der Waals surface area contributed by atoms with Gasteiger partial charge in [-0.2, -0.15) is 0 Å². The van der Waals surface area contributed by atoms with Crippen molar-refractivity contribution in [1.29, 1.82) is 0 Å². The largest absolute Gasteiger partial charge is 0.262 e. The summed E-state index contributed by atoms with van der Waals surface area (Å²) >= 11 is 0. The van der Waals surface area contributed by atoms with Crippen molar-refractivity contribution in [2.75, 3.05) is 0 Å². The quantitative estimate of drug-likeness (QED) is 0.492. The van der Waals surface area contributed by atoms with Gasteiger partial charge in [-0.3, -0.25) is 4.98 Å². The molecule has 28 heavy (non-hydrogen) atoms. The Bertz CT molecular complexity index is 790.